The average Bonchev–Trinajstić information content (AvgIpc) is 2.89. The van der Waals surface area contributed by atoms with E-state index in [0.717, 1.165) is 34.3 Å². The maximum atomic E-state index is 12.8. The van der Waals surface area contributed by atoms with Crippen molar-refractivity contribution in [3.63, 3.8) is 0 Å². The molecule has 136 valence electrons. The van der Waals surface area contributed by atoms with Crippen molar-refractivity contribution in [2.24, 2.45) is 0 Å². The fourth-order valence-electron chi connectivity index (χ4n) is 3.36. The van der Waals surface area contributed by atoms with Crippen molar-refractivity contribution in [1.82, 2.24) is 9.13 Å². The summed E-state index contributed by atoms with van der Waals surface area (Å²) in [6, 6.07) is 13.7. The number of hydrogen-bond donors (Lipinski definition) is 1. The van der Waals surface area contributed by atoms with Gasteiger partial charge in [-0.15, -0.1) is 0 Å². The lowest BCUT2D eigenvalue weighted by Gasteiger charge is -2.11. The second-order valence-corrected chi connectivity index (χ2v) is 6.64. The summed E-state index contributed by atoms with van der Waals surface area (Å²) in [4.78, 5) is 25.2. The van der Waals surface area contributed by atoms with Crippen LogP contribution in [0.3, 0.4) is 0 Å². The molecule has 5 nitrogen and oxygen atoms in total. The molecule has 0 bridgehead atoms. The van der Waals surface area contributed by atoms with Crippen LogP contribution in [0.1, 0.15) is 30.9 Å². The second-order valence-electron chi connectivity index (χ2n) is 6.64. The number of fused-ring (bicyclic) bond motifs is 1. The molecule has 0 spiro atoms. The summed E-state index contributed by atoms with van der Waals surface area (Å²) in [5.41, 5.74) is 4.69. The van der Waals surface area contributed by atoms with Crippen LogP contribution in [0, 0.1) is 13.8 Å². The normalized spacial score (nSPS) is 11.0. The van der Waals surface area contributed by atoms with Crippen LogP contribution in [0.4, 0.5) is 5.69 Å². The number of para-hydroxylation sites is 3. The Kier molecular flexibility index (Phi) is 5.26. The number of amides is 1. The van der Waals surface area contributed by atoms with Crippen LogP contribution in [0.5, 0.6) is 0 Å². The zero-order valence-corrected chi connectivity index (χ0v) is 15.6. The third-order valence-electron chi connectivity index (χ3n) is 4.68. The molecule has 0 saturated carbocycles. The highest BCUT2D eigenvalue weighted by Gasteiger charge is 2.14. The highest BCUT2D eigenvalue weighted by atomic mass is 16.2. The van der Waals surface area contributed by atoms with E-state index in [0.29, 0.717) is 13.1 Å². The summed E-state index contributed by atoms with van der Waals surface area (Å²) in [5, 5.41) is 2.99. The first-order valence-corrected chi connectivity index (χ1v) is 9.07. The molecule has 1 N–H and O–H groups in total. The summed E-state index contributed by atoms with van der Waals surface area (Å²) in [6.07, 6.45) is 1.15. The van der Waals surface area contributed by atoms with Gasteiger partial charge in [-0.3, -0.25) is 13.9 Å². The standard InChI is InChI=1S/C21H25N3O2/c1-4-13-23-17-10-5-6-11-18(17)24(21(23)26)14-12-19(25)22-20-15(2)8-7-9-16(20)3/h5-11H,4,12-14H2,1-3H3,(H,22,25). The first-order valence-electron chi connectivity index (χ1n) is 9.07. The molecule has 0 aliphatic heterocycles. The number of imidazole rings is 1. The van der Waals surface area contributed by atoms with Gasteiger partial charge in [0, 0.05) is 25.2 Å². The molecule has 0 radical (unpaired) electrons. The van der Waals surface area contributed by atoms with Crippen molar-refractivity contribution in [3.8, 4) is 0 Å². The van der Waals surface area contributed by atoms with E-state index in [1.807, 2.05) is 56.3 Å². The number of nitrogens with zero attached hydrogens (tertiary/aromatic N) is 2. The molecule has 0 aliphatic rings. The van der Waals surface area contributed by atoms with Gasteiger partial charge in [-0.05, 0) is 43.5 Å². The number of rotatable bonds is 6. The molecule has 0 fully saturated rings. The highest BCUT2D eigenvalue weighted by molar-refractivity contribution is 5.92. The molecule has 3 rings (SSSR count). The van der Waals surface area contributed by atoms with Gasteiger partial charge >= 0.3 is 5.69 Å². The van der Waals surface area contributed by atoms with Crippen molar-refractivity contribution in [2.75, 3.05) is 5.32 Å². The van der Waals surface area contributed by atoms with Crippen molar-refractivity contribution >= 4 is 22.6 Å². The van der Waals surface area contributed by atoms with E-state index < -0.39 is 0 Å². The number of benzene rings is 2. The van der Waals surface area contributed by atoms with E-state index in [2.05, 4.69) is 12.2 Å². The zero-order valence-electron chi connectivity index (χ0n) is 15.6. The van der Waals surface area contributed by atoms with Gasteiger partial charge in [0.2, 0.25) is 5.91 Å². The minimum absolute atomic E-state index is 0.0482. The molecular formula is C21H25N3O2. The van der Waals surface area contributed by atoms with E-state index >= 15 is 0 Å². The van der Waals surface area contributed by atoms with Gasteiger partial charge in [-0.1, -0.05) is 37.3 Å². The largest absolute Gasteiger partial charge is 0.329 e. The fourth-order valence-corrected chi connectivity index (χ4v) is 3.36. The molecule has 0 atom stereocenters. The van der Waals surface area contributed by atoms with E-state index in [4.69, 9.17) is 0 Å². The Morgan fingerprint density at radius 3 is 2.08 bits per heavy atom. The van der Waals surface area contributed by atoms with Crippen molar-refractivity contribution in [3.05, 3.63) is 64.1 Å². The zero-order chi connectivity index (χ0) is 18.7. The molecule has 0 saturated heterocycles. The molecule has 1 amide bonds. The second kappa shape index (κ2) is 7.60. The van der Waals surface area contributed by atoms with Gasteiger partial charge in [0.15, 0.2) is 0 Å². The van der Waals surface area contributed by atoms with Gasteiger partial charge in [-0.25, -0.2) is 4.79 Å². The summed E-state index contributed by atoms with van der Waals surface area (Å²) in [6.45, 7) is 7.06. The van der Waals surface area contributed by atoms with E-state index in [9.17, 15) is 9.59 Å². The molecule has 3 aromatic rings. The SMILES string of the molecule is CCCn1c(=O)n(CCC(=O)Nc2c(C)cccc2C)c2ccccc21. The van der Waals surface area contributed by atoms with Crippen LogP contribution in [0.25, 0.3) is 11.0 Å². The van der Waals surface area contributed by atoms with Crippen LogP contribution in [-0.2, 0) is 17.9 Å². The lowest BCUT2D eigenvalue weighted by atomic mass is 10.1. The Morgan fingerprint density at radius 1 is 0.923 bits per heavy atom. The summed E-state index contributed by atoms with van der Waals surface area (Å²) < 4.78 is 3.49. The Hall–Kier alpha value is -2.82. The molecule has 1 heterocycles. The Morgan fingerprint density at radius 2 is 1.50 bits per heavy atom. The smallest absolute Gasteiger partial charge is 0.326 e. The maximum absolute atomic E-state index is 12.8. The van der Waals surface area contributed by atoms with E-state index in [-0.39, 0.29) is 18.0 Å². The Labute approximate surface area is 153 Å². The summed E-state index contributed by atoms with van der Waals surface area (Å²) in [5.74, 6) is -0.0818. The minimum Gasteiger partial charge on any atom is -0.326 e. The fraction of sp³-hybridized carbons (Fsp3) is 0.333. The van der Waals surface area contributed by atoms with Gasteiger partial charge in [0.1, 0.15) is 0 Å². The summed E-state index contributed by atoms with van der Waals surface area (Å²) in [7, 11) is 0. The van der Waals surface area contributed by atoms with Crippen LogP contribution < -0.4 is 11.0 Å². The predicted molar refractivity (Wildman–Crippen MR) is 106 cm³/mol. The average molecular weight is 351 g/mol. The molecule has 0 unspecified atom stereocenters. The van der Waals surface area contributed by atoms with E-state index in [1.165, 1.54) is 0 Å². The number of carbonyl (C=O) groups is 1. The minimum atomic E-state index is -0.0818. The number of carbonyl (C=O) groups excluding carboxylic acids is 1. The van der Waals surface area contributed by atoms with Crippen molar-refractivity contribution < 1.29 is 4.79 Å². The molecule has 5 heteroatoms. The number of anilines is 1. The Bertz CT molecular complexity index is 978. The van der Waals surface area contributed by atoms with Gasteiger partial charge in [0.05, 0.1) is 11.0 Å². The number of aryl methyl sites for hydroxylation is 4. The molecule has 0 aliphatic carbocycles. The van der Waals surface area contributed by atoms with Crippen molar-refractivity contribution in [2.45, 2.75) is 46.7 Å². The molecule has 26 heavy (non-hydrogen) atoms. The Balaban J connectivity index is 1.81. The molecule has 2 aromatic carbocycles. The summed E-state index contributed by atoms with van der Waals surface area (Å²) >= 11 is 0. The number of nitrogens with one attached hydrogen (secondary N) is 1. The first kappa shape index (κ1) is 18.0. The van der Waals surface area contributed by atoms with Crippen LogP contribution in [-0.4, -0.2) is 15.0 Å². The maximum Gasteiger partial charge on any atom is 0.329 e. The van der Waals surface area contributed by atoms with Gasteiger partial charge < -0.3 is 5.32 Å². The third kappa shape index (κ3) is 3.43. The van der Waals surface area contributed by atoms with Crippen LogP contribution >= 0.6 is 0 Å². The molecular weight excluding hydrogens is 326 g/mol. The first-order chi connectivity index (χ1) is 12.5. The monoisotopic (exact) mass is 351 g/mol. The lowest BCUT2D eigenvalue weighted by Crippen LogP contribution is -2.26. The number of aromatic nitrogens is 2. The quantitative estimate of drug-likeness (QED) is 0.733. The number of hydrogen-bond acceptors (Lipinski definition) is 2. The van der Waals surface area contributed by atoms with Crippen LogP contribution in [0.15, 0.2) is 47.3 Å². The third-order valence-corrected chi connectivity index (χ3v) is 4.68. The predicted octanol–water partition coefficient (Wildman–Crippen LogP) is 3.86. The lowest BCUT2D eigenvalue weighted by molar-refractivity contribution is -0.116. The molecule has 1 aromatic heterocycles. The topological polar surface area (TPSA) is 56.0 Å². The van der Waals surface area contributed by atoms with Gasteiger partial charge in [-0.2, -0.15) is 0 Å². The van der Waals surface area contributed by atoms with E-state index in [1.54, 1.807) is 9.13 Å². The highest BCUT2D eigenvalue weighted by Crippen LogP contribution is 2.20. The van der Waals surface area contributed by atoms with Crippen LogP contribution in [0.2, 0.25) is 0 Å². The van der Waals surface area contributed by atoms with Crippen molar-refractivity contribution in [1.29, 1.82) is 0 Å². The van der Waals surface area contributed by atoms with Gasteiger partial charge in [0.25, 0.3) is 0 Å².